The Morgan fingerprint density at radius 2 is 1.93 bits per heavy atom. The molecule has 154 valence electrons. The third-order valence-electron chi connectivity index (χ3n) is 4.68. The van der Waals surface area contributed by atoms with Crippen LogP contribution < -0.4 is 5.32 Å². The van der Waals surface area contributed by atoms with Crippen LogP contribution in [0.4, 0.5) is 0 Å². The van der Waals surface area contributed by atoms with Crippen molar-refractivity contribution in [1.82, 2.24) is 15.3 Å². The fourth-order valence-electron chi connectivity index (χ4n) is 3.14. The summed E-state index contributed by atoms with van der Waals surface area (Å²) in [6, 6.07) is 11.2. The highest BCUT2D eigenvalue weighted by molar-refractivity contribution is 7.10. The first-order chi connectivity index (χ1) is 14.5. The number of hydrogen-bond donors (Lipinski definition) is 1. The lowest BCUT2D eigenvalue weighted by Gasteiger charge is -2.12. The second-order valence-electron chi connectivity index (χ2n) is 7.27. The number of pyridine rings is 1. The number of carbonyl (C=O) groups is 1. The minimum Gasteiger partial charge on any atom is -0.451 e. The van der Waals surface area contributed by atoms with Crippen molar-refractivity contribution in [2.45, 2.75) is 39.5 Å². The molecule has 1 N–H and O–H groups in total. The summed E-state index contributed by atoms with van der Waals surface area (Å²) in [5.41, 5.74) is 3.30. The number of furan rings is 1. The van der Waals surface area contributed by atoms with Gasteiger partial charge in [-0.3, -0.25) is 9.78 Å². The number of amides is 1. The molecule has 0 bridgehead atoms. The number of para-hydroxylation sites is 1. The van der Waals surface area contributed by atoms with Gasteiger partial charge in [-0.05, 0) is 39.0 Å². The maximum absolute atomic E-state index is 13.0. The molecule has 3 aromatic heterocycles. The molecule has 0 radical (unpaired) electrons. The Morgan fingerprint density at radius 1 is 1.17 bits per heavy atom. The van der Waals surface area contributed by atoms with Crippen LogP contribution >= 0.6 is 11.3 Å². The van der Waals surface area contributed by atoms with Gasteiger partial charge in [-0.15, -0.1) is 11.3 Å². The predicted octanol–water partition coefficient (Wildman–Crippen LogP) is 5.37. The van der Waals surface area contributed by atoms with E-state index >= 15 is 0 Å². The zero-order valence-electron chi connectivity index (χ0n) is 17.1. The van der Waals surface area contributed by atoms with Gasteiger partial charge in [0, 0.05) is 34.3 Å². The minimum atomic E-state index is -0.276. The first kappa shape index (κ1) is 20.3. The van der Waals surface area contributed by atoms with Crippen LogP contribution in [0.15, 0.2) is 58.6 Å². The van der Waals surface area contributed by atoms with E-state index in [2.05, 4.69) is 15.3 Å². The number of benzene rings is 1. The SMILES string of the molecule is CC(C)OCc1c(C(=O)NC(C)c2nc(-c3ccncc3)cs2)oc2ccccc12. The monoisotopic (exact) mass is 421 g/mol. The van der Waals surface area contributed by atoms with E-state index in [4.69, 9.17) is 9.15 Å². The van der Waals surface area contributed by atoms with Crippen LogP contribution in [-0.4, -0.2) is 22.0 Å². The molecule has 4 rings (SSSR count). The van der Waals surface area contributed by atoms with E-state index in [1.807, 2.05) is 62.5 Å². The molecule has 3 heterocycles. The van der Waals surface area contributed by atoms with Gasteiger partial charge in [0.2, 0.25) is 0 Å². The number of thiazole rings is 1. The molecular weight excluding hydrogens is 398 g/mol. The average Bonchev–Trinajstić information content (AvgIpc) is 3.38. The normalized spacial score (nSPS) is 12.4. The van der Waals surface area contributed by atoms with E-state index in [1.165, 1.54) is 11.3 Å². The second-order valence-corrected chi connectivity index (χ2v) is 8.16. The summed E-state index contributed by atoms with van der Waals surface area (Å²) in [6.07, 6.45) is 3.53. The summed E-state index contributed by atoms with van der Waals surface area (Å²) >= 11 is 1.51. The molecule has 7 heteroatoms. The number of ether oxygens (including phenoxy) is 1. The van der Waals surface area contributed by atoms with Crippen LogP contribution in [0.5, 0.6) is 0 Å². The van der Waals surface area contributed by atoms with E-state index < -0.39 is 0 Å². The predicted molar refractivity (Wildman–Crippen MR) is 117 cm³/mol. The highest BCUT2D eigenvalue weighted by Crippen LogP contribution is 2.29. The molecule has 0 aliphatic rings. The largest absolute Gasteiger partial charge is 0.451 e. The number of nitrogens with one attached hydrogen (secondary N) is 1. The van der Waals surface area contributed by atoms with Crippen molar-refractivity contribution in [3.8, 4) is 11.3 Å². The molecule has 0 aliphatic heterocycles. The molecular formula is C23H23N3O3S. The van der Waals surface area contributed by atoms with Gasteiger partial charge >= 0.3 is 0 Å². The van der Waals surface area contributed by atoms with E-state index in [0.29, 0.717) is 12.2 Å². The van der Waals surface area contributed by atoms with E-state index in [0.717, 1.165) is 27.2 Å². The zero-order valence-corrected chi connectivity index (χ0v) is 17.9. The van der Waals surface area contributed by atoms with Gasteiger partial charge in [0.15, 0.2) is 5.76 Å². The fourth-order valence-corrected chi connectivity index (χ4v) is 3.98. The highest BCUT2D eigenvalue weighted by Gasteiger charge is 2.23. The van der Waals surface area contributed by atoms with Crippen LogP contribution in [0, 0.1) is 0 Å². The first-order valence-corrected chi connectivity index (χ1v) is 10.7. The molecule has 0 saturated heterocycles. The van der Waals surface area contributed by atoms with Crippen LogP contribution in [0.25, 0.3) is 22.2 Å². The second kappa shape index (κ2) is 8.77. The molecule has 4 aromatic rings. The summed E-state index contributed by atoms with van der Waals surface area (Å²) in [5, 5.41) is 6.72. The van der Waals surface area contributed by atoms with Crippen LogP contribution in [0.1, 0.15) is 47.9 Å². The highest BCUT2D eigenvalue weighted by atomic mass is 32.1. The molecule has 0 fully saturated rings. The van der Waals surface area contributed by atoms with Gasteiger partial charge in [0.1, 0.15) is 10.6 Å². The summed E-state index contributed by atoms with van der Waals surface area (Å²) in [6.45, 7) is 6.16. The third-order valence-corrected chi connectivity index (χ3v) is 5.71. The van der Waals surface area contributed by atoms with Crippen LogP contribution in [-0.2, 0) is 11.3 Å². The summed E-state index contributed by atoms with van der Waals surface area (Å²) < 4.78 is 11.7. The van der Waals surface area contributed by atoms with Crippen molar-refractivity contribution in [3.05, 3.63) is 70.5 Å². The number of carbonyl (C=O) groups excluding carboxylic acids is 1. The van der Waals surface area contributed by atoms with E-state index in [-0.39, 0.29) is 23.8 Å². The van der Waals surface area contributed by atoms with Crippen molar-refractivity contribution in [3.63, 3.8) is 0 Å². The van der Waals surface area contributed by atoms with Crippen molar-refractivity contribution < 1.29 is 13.9 Å². The van der Waals surface area contributed by atoms with Crippen LogP contribution in [0.2, 0.25) is 0 Å². The number of hydrogen-bond acceptors (Lipinski definition) is 6. The maximum atomic E-state index is 13.0. The van der Waals surface area contributed by atoms with Gasteiger partial charge in [-0.25, -0.2) is 4.98 Å². The Morgan fingerprint density at radius 3 is 2.70 bits per heavy atom. The summed E-state index contributed by atoms with van der Waals surface area (Å²) in [4.78, 5) is 21.8. The quantitative estimate of drug-likeness (QED) is 0.434. The van der Waals surface area contributed by atoms with Gasteiger partial charge < -0.3 is 14.5 Å². The first-order valence-electron chi connectivity index (χ1n) is 9.81. The molecule has 1 amide bonds. The fraction of sp³-hybridized carbons (Fsp3) is 0.261. The van der Waals surface area contributed by atoms with Crippen LogP contribution in [0.3, 0.4) is 0 Å². The summed E-state index contributed by atoms with van der Waals surface area (Å²) in [5.74, 6) is 0.0105. The third kappa shape index (κ3) is 4.27. The summed E-state index contributed by atoms with van der Waals surface area (Å²) in [7, 11) is 0. The van der Waals surface area contributed by atoms with E-state index in [1.54, 1.807) is 12.4 Å². The van der Waals surface area contributed by atoms with Crippen molar-refractivity contribution in [2.24, 2.45) is 0 Å². The molecule has 1 aromatic carbocycles. The Kier molecular flexibility index (Phi) is 5.92. The van der Waals surface area contributed by atoms with Crippen molar-refractivity contribution in [2.75, 3.05) is 0 Å². The van der Waals surface area contributed by atoms with Gasteiger partial charge in [0.05, 0.1) is 24.4 Å². The minimum absolute atomic E-state index is 0.0513. The Bertz CT molecular complexity index is 1150. The number of aromatic nitrogens is 2. The topological polar surface area (TPSA) is 77.2 Å². The Balaban J connectivity index is 1.56. The smallest absolute Gasteiger partial charge is 0.287 e. The molecule has 0 saturated carbocycles. The molecule has 6 nitrogen and oxygen atoms in total. The Labute approximate surface area is 178 Å². The van der Waals surface area contributed by atoms with Gasteiger partial charge in [-0.2, -0.15) is 0 Å². The molecule has 0 spiro atoms. The van der Waals surface area contributed by atoms with Gasteiger partial charge in [-0.1, -0.05) is 18.2 Å². The van der Waals surface area contributed by atoms with Crippen molar-refractivity contribution >= 4 is 28.2 Å². The lowest BCUT2D eigenvalue weighted by Crippen LogP contribution is -2.27. The Hall–Kier alpha value is -3.03. The van der Waals surface area contributed by atoms with E-state index in [9.17, 15) is 4.79 Å². The standard InChI is InChI=1S/C23H23N3O3S/c1-14(2)28-12-18-17-6-4-5-7-20(17)29-21(18)22(27)25-15(3)23-26-19(13-30-23)16-8-10-24-11-9-16/h4-11,13-15H,12H2,1-3H3,(H,25,27). The average molecular weight is 422 g/mol. The number of fused-ring (bicyclic) bond motifs is 1. The number of nitrogens with zero attached hydrogens (tertiary/aromatic N) is 2. The van der Waals surface area contributed by atoms with Crippen molar-refractivity contribution in [1.29, 1.82) is 0 Å². The molecule has 1 atom stereocenters. The zero-order chi connectivity index (χ0) is 21.1. The maximum Gasteiger partial charge on any atom is 0.287 e. The molecule has 30 heavy (non-hydrogen) atoms. The lowest BCUT2D eigenvalue weighted by atomic mass is 10.1. The molecule has 0 aliphatic carbocycles. The molecule has 1 unspecified atom stereocenters. The van der Waals surface area contributed by atoms with Gasteiger partial charge in [0.25, 0.3) is 5.91 Å². The number of rotatable bonds is 7. The lowest BCUT2D eigenvalue weighted by molar-refractivity contribution is 0.0642.